The molecule has 2 aromatic heterocycles. The predicted molar refractivity (Wildman–Crippen MR) is 123 cm³/mol. The van der Waals surface area contributed by atoms with E-state index in [0.29, 0.717) is 11.3 Å². The van der Waals surface area contributed by atoms with Gasteiger partial charge in [0, 0.05) is 36.8 Å². The second-order valence-corrected chi connectivity index (χ2v) is 9.66. The zero-order chi connectivity index (χ0) is 24.2. The van der Waals surface area contributed by atoms with E-state index in [0.717, 1.165) is 12.6 Å². The zero-order valence-electron chi connectivity index (χ0n) is 17.0. The van der Waals surface area contributed by atoms with Crippen molar-refractivity contribution in [2.45, 2.75) is 17.5 Å². The first-order valence-electron chi connectivity index (χ1n) is 9.25. The lowest BCUT2D eigenvalue weighted by atomic mass is 10.1. The number of hydrogen-bond acceptors (Lipinski definition) is 8. The molecule has 3 rings (SSSR count). The number of nitrogens with zero attached hydrogens (tertiary/aromatic N) is 3. The van der Waals surface area contributed by atoms with Crippen LogP contribution in [0.15, 0.2) is 54.1 Å². The van der Waals surface area contributed by atoms with Gasteiger partial charge in [-0.05, 0) is 17.7 Å². The van der Waals surface area contributed by atoms with Crippen LogP contribution in [0.3, 0.4) is 0 Å². The molecule has 1 amide bonds. The maximum Gasteiger partial charge on any atom is 0.326 e. The van der Waals surface area contributed by atoms with Crippen LogP contribution in [0.25, 0.3) is 0 Å². The quantitative estimate of drug-likeness (QED) is 0.389. The number of aliphatic carboxylic acids is 1. The Kier molecular flexibility index (Phi) is 7.46. The van der Waals surface area contributed by atoms with Gasteiger partial charge in [0.15, 0.2) is 14.9 Å². The standard InChI is InChI=1S/C20H17Cl2N5O5S/c1-33(31,32)17-7-16(24-10-25-17)27-15(20(29)30)6-11-2-4-12(5-3-11)26-19(28)18-13(21)8-23-9-14(18)22/h2-5,7-10,15H,6H2,1H3,(H,26,28)(H,29,30)(H,24,25,27)/t15-/m0/s1. The van der Waals surface area contributed by atoms with Crippen LogP contribution in [-0.2, 0) is 21.1 Å². The molecule has 2 heterocycles. The van der Waals surface area contributed by atoms with E-state index in [-0.39, 0.29) is 32.9 Å². The molecular weight excluding hydrogens is 493 g/mol. The van der Waals surface area contributed by atoms with Gasteiger partial charge in [0.2, 0.25) is 0 Å². The summed E-state index contributed by atoms with van der Waals surface area (Å²) in [6.07, 6.45) is 4.70. The van der Waals surface area contributed by atoms with Crippen molar-refractivity contribution >= 4 is 56.4 Å². The van der Waals surface area contributed by atoms with E-state index < -0.39 is 27.8 Å². The molecule has 13 heteroatoms. The lowest BCUT2D eigenvalue weighted by Gasteiger charge is -2.16. The van der Waals surface area contributed by atoms with Gasteiger partial charge in [-0.3, -0.25) is 9.78 Å². The van der Waals surface area contributed by atoms with Gasteiger partial charge >= 0.3 is 5.97 Å². The number of carbonyl (C=O) groups is 2. The molecule has 0 saturated heterocycles. The molecule has 1 aromatic carbocycles. The highest BCUT2D eigenvalue weighted by Gasteiger charge is 2.20. The molecule has 0 bridgehead atoms. The molecule has 3 N–H and O–H groups in total. The highest BCUT2D eigenvalue weighted by Crippen LogP contribution is 2.24. The van der Waals surface area contributed by atoms with Crippen molar-refractivity contribution in [3.8, 4) is 0 Å². The minimum absolute atomic E-state index is 0.0593. The van der Waals surface area contributed by atoms with Crippen LogP contribution in [0.5, 0.6) is 0 Å². The number of hydrogen-bond donors (Lipinski definition) is 3. The Labute approximate surface area is 198 Å². The van der Waals surface area contributed by atoms with Gasteiger partial charge in [-0.25, -0.2) is 23.2 Å². The van der Waals surface area contributed by atoms with E-state index in [1.165, 1.54) is 18.5 Å². The van der Waals surface area contributed by atoms with Crippen molar-refractivity contribution < 1.29 is 23.1 Å². The van der Waals surface area contributed by atoms with Gasteiger partial charge in [-0.15, -0.1) is 0 Å². The highest BCUT2D eigenvalue weighted by atomic mass is 35.5. The van der Waals surface area contributed by atoms with Gasteiger partial charge in [-0.1, -0.05) is 35.3 Å². The second-order valence-electron chi connectivity index (χ2n) is 6.88. The summed E-state index contributed by atoms with van der Waals surface area (Å²) in [5.41, 5.74) is 1.18. The Balaban J connectivity index is 1.71. The second kappa shape index (κ2) is 10.1. The number of benzene rings is 1. The molecule has 0 aliphatic carbocycles. The molecular formula is C20H17Cl2N5O5S. The van der Waals surface area contributed by atoms with E-state index in [1.807, 2.05) is 0 Å². The molecule has 172 valence electrons. The Hall–Kier alpha value is -3.28. The summed E-state index contributed by atoms with van der Waals surface area (Å²) in [4.78, 5) is 35.5. The smallest absolute Gasteiger partial charge is 0.326 e. The Morgan fingerprint density at radius 3 is 2.30 bits per heavy atom. The minimum atomic E-state index is -3.57. The number of carboxylic acids is 1. The van der Waals surface area contributed by atoms with E-state index in [1.54, 1.807) is 24.3 Å². The third-order valence-corrected chi connectivity index (χ3v) is 5.93. The van der Waals surface area contributed by atoms with Crippen molar-refractivity contribution in [3.63, 3.8) is 0 Å². The number of rotatable bonds is 8. The molecule has 0 aliphatic heterocycles. The number of carboxylic acid groups (broad SMARTS) is 1. The molecule has 33 heavy (non-hydrogen) atoms. The number of halogens is 2. The molecule has 0 spiro atoms. The maximum absolute atomic E-state index is 12.5. The monoisotopic (exact) mass is 509 g/mol. The van der Waals surface area contributed by atoms with Crippen LogP contribution >= 0.6 is 23.2 Å². The van der Waals surface area contributed by atoms with Crippen molar-refractivity contribution in [1.29, 1.82) is 0 Å². The van der Waals surface area contributed by atoms with Crippen molar-refractivity contribution in [1.82, 2.24) is 15.0 Å². The van der Waals surface area contributed by atoms with Crippen LogP contribution in [0.1, 0.15) is 15.9 Å². The molecule has 10 nitrogen and oxygen atoms in total. The van der Waals surface area contributed by atoms with Crippen molar-refractivity contribution in [3.05, 3.63) is 70.2 Å². The first-order valence-corrected chi connectivity index (χ1v) is 11.9. The third-order valence-electron chi connectivity index (χ3n) is 4.37. The lowest BCUT2D eigenvalue weighted by Crippen LogP contribution is -2.32. The molecule has 0 radical (unpaired) electrons. The highest BCUT2D eigenvalue weighted by molar-refractivity contribution is 7.90. The summed E-state index contributed by atoms with van der Waals surface area (Å²) >= 11 is 12.0. The van der Waals surface area contributed by atoms with Crippen LogP contribution in [0, 0.1) is 0 Å². The summed E-state index contributed by atoms with van der Waals surface area (Å²) < 4.78 is 23.3. The zero-order valence-corrected chi connectivity index (χ0v) is 19.3. The molecule has 0 fully saturated rings. The fraction of sp³-hybridized carbons (Fsp3) is 0.150. The van der Waals surface area contributed by atoms with Crippen LogP contribution in [-0.4, -0.2) is 52.7 Å². The molecule has 1 atom stereocenters. The van der Waals surface area contributed by atoms with Crippen molar-refractivity contribution in [2.75, 3.05) is 16.9 Å². The maximum atomic E-state index is 12.5. The fourth-order valence-corrected chi connectivity index (χ4v) is 3.88. The first kappa shape index (κ1) is 24.4. The van der Waals surface area contributed by atoms with Gasteiger partial charge < -0.3 is 15.7 Å². The van der Waals surface area contributed by atoms with Crippen LogP contribution in [0.2, 0.25) is 10.0 Å². The van der Waals surface area contributed by atoms with Crippen LogP contribution < -0.4 is 10.6 Å². The Morgan fingerprint density at radius 1 is 1.09 bits per heavy atom. The number of amides is 1. The van der Waals surface area contributed by atoms with E-state index in [9.17, 15) is 23.1 Å². The average molecular weight is 510 g/mol. The van der Waals surface area contributed by atoms with Gasteiger partial charge in [0.1, 0.15) is 18.2 Å². The Bertz CT molecular complexity index is 1280. The van der Waals surface area contributed by atoms with Crippen molar-refractivity contribution in [2.24, 2.45) is 0 Å². The number of aromatic nitrogens is 3. The number of carbonyl (C=O) groups excluding carboxylic acids is 1. The van der Waals surface area contributed by atoms with Gasteiger partial charge in [0.05, 0.1) is 15.6 Å². The minimum Gasteiger partial charge on any atom is -0.480 e. The SMILES string of the molecule is CS(=O)(=O)c1cc(N[C@@H](Cc2ccc(NC(=O)c3c(Cl)cncc3Cl)cc2)C(=O)O)ncn1. The Morgan fingerprint density at radius 2 is 1.73 bits per heavy atom. The first-order chi connectivity index (χ1) is 15.5. The lowest BCUT2D eigenvalue weighted by molar-refractivity contribution is -0.137. The number of sulfone groups is 1. The summed E-state index contributed by atoms with van der Waals surface area (Å²) in [7, 11) is -3.57. The van der Waals surface area contributed by atoms with Crippen LogP contribution in [0.4, 0.5) is 11.5 Å². The van der Waals surface area contributed by atoms with E-state index in [2.05, 4.69) is 25.6 Å². The summed E-state index contributed by atoms with van der Waals surface area (Å²) in [5.74, 6) is -1.61. The number of pyridine rings is 1. The summed E-state index contributed by atoms with van der Waals surface area (Å²) in [5, 5.41) is 14.9. The normalized spacial score (nSPS) is 12.1. The predicted octanol–water partition coefficient (Wildman–Crippen LogP) is 2.94. The number of anilines is 2. The number of nitrogens with one attached hydrogen (secondary N) is 2. The van der Waals surface area contributed by atoms with E-state index >= 15 is 0 Å². The molecule has 0 aliphatic rings. The van der Waals surface area contributed by atoms with Gasteiger partial charge in [-0.2, -0.15) is 0 Å². The molecule has 0 saturated carbocycles. The topological polar surface area (TPSA) is 151 Å². The summed E-state index contributed by atoms with van der Waals surface area (Å²) in [6.45, 7) is 0. The van der Waals surface area contributed by atoms with E-state index in [4.69, 9.17) is 23.2 Å². The molecule has 3 aromatic rings. The molecule has 0 unspecified atom stereocenters. The largest absolute Gasteiger partial charge is 0.480 e. The summed E-state index contributed by atoms with van der Waals surface area (Å²) in [6, 6.07) is 6.56. The average Bonchev–Trinajstić information content (AvgIpc) is 2.74. The fourth-order valence-electron chi connectivity index (χ4n) is 2.78. The third kappa shape index (κ3) is 6.37. The van der Waals surface area contributed by atoms with Gasteiger partial charge in [0.25, 0.3) is 5.91 Å².